The van der Waals surface area contributed by atoms with Gasteiger partial charge in [-0.25, -0.2) is 0 Å². The van der Waals surface area contributed by atoms with Crippen LogP contribution in [0.1, 0.15) is 16.7 Å². The summed E-state index contributed by atoms with van der Waals surface area (Å²) in [6.45, 7) is 1.52. The maximum Gasteiger partial charge on any atom is 0.231 e. The molecule has 0 fully saturated rings. The molecule has 5 heteroatoms. The van der Waals surface area contributed by atoms with Crippen molar-refractivity contribution in [2.45, 2.75) is 5.41 Å². The van der Waals surface area contributed by atoms with E-state index >= 15 is 0 Å². The summed E-state index contributed by atoms with van der Waals surface area (Å²) in [4.78, 5) is 0. The number of fused-ring (bicyclic) bond motifs is 5. The van der Waals surface area contributed by atoms with Crippen molar-refractivity contribution in [2.24, 2.45) is 0 Å². The molecule has 3 heterocycles. The van der Waals surface area contributed by atoms with E-state index in [-0.39, 0.29) is 12.2 Å². The van der Waals surface area contributed by atoms with E-state index < -0.39 is 0 Å². The Labute approximate surface area is 127 Å². The molecule has 5 nitrogen and oxygen atoms in total. The molecular formula is C17H12N2O3. The van der Waals surface area contributed by atoms with Crippen molar-refractivity contribution in [3.05, 3.63) is 47.0 Å². The maximum absolute atomic E-state index is 9.30. The van der Waals surface area contributed by atoms with Gasteiger partial charge >= 0.3 is 0 Å². The molecule has 0 aromatic heterocycles. The topological polar surface area (TPSA) is 63.5 Å². The zero-order valence-electron chi connectivity index (χ0n) is 11.7. The number of nitrogens with one attached hydrogen (secondary N) is 1. The Balaban J connectivity index is 1.74. The summed E-state index contributed by atoms with van der Waals surface area (Å²) in [7, 11) is 0. The van der Waals surface area contributed by atoms with Crippen LogP contribution in [0.25, 0.3) is 0 Å². The molecule has 3 aliphatic heterocycles. The molecule has 0 bridgehead atoms. The molecule has 3 aliphatic rings. The van der Waals surface area contributed by atoms with Crippen LogP contribution in [-0.2, 0) is 5.41 Å². The number of ether oxygens (including phenoxy) is 3. The molecule has 1 atom stereocenters. The fourth-order valence-electron chi connectivity index (χ4n) is 3.63. The van der Waals surface area contributed by atoms with E-state index in [4.69, 9.17) is 14.2 Å². The lowest BCUT2D eigenvalue weighted by molar-refractivity contribution is 0.173. The molecule has 1 N–H and O–H groups in total. The highest BCUT2D eigenvalue weighted by Gasteiger charge is 2.48. The van der Waals surface area contributed by atoms with Crippen LogP contribution in [0.3, 0.4) is 0 Å². The highest BCUT2D eigenvalue weighted by atomic mass is 16.7. The van der Waals surface area contributed by atoms with Crippen molar-refractivity contribution in [1.29, 1.82) is 5.26 Å². The first-order chi connectivity index (χ1) is 10.8. The van der Waals surface area contributed by atoms with Gasteiger partial charge in [0.1, 0.15) is 18.4 Å². The molecule has 22 heavy (non-hydrogen) atoms. The predicted octanol–water partition coefficient (Wildman–Crippen LogP) is 2.39. The van der Waals surface area contributed by atoms with Gasteiger partial charge in [0.05, 0.1) is 16.7 Å². The number of rotatable bonds is 0. The van der Waals surface area contributed by atoms with Gasteiger partial charge in [-0.2, -0.15) is 5.26 Å². The first kappa shape index (κ1) is 11.8. The third kappa shape index (κ3) is 1.27. The Hall–Kier alpha value is -2.87. The average Bonchev–Trinajstić information content (AvgIpc) is 3.25. The SMILES string of the molecule is N#Cc1cccc2c1NCC21COc2cc3c(cc21)OCO3. The fraction of sp³-hybridized carbons (Fsp3) is 0.235. The fourth-order valence-corrected chi connectivity index (χ4v) is 3.63. The molecule has 1 unspecified atom stereocenters. The maximum atomic E-state index is 9.30. The van der Waals surface area contributed by atoms with Crippen LogP contribution in [0, 0.1) is 11.3 Å². The largest absolute Gasteiger partial charge is 0.492 e. The summed E-state index contributed by atoms with van der Waals surface area (Å²) in [5, 5.41) is 12.7. The van der Waals surface area contributed by atoms with Gasteiger partial charge in [-0.3, -0.25) is 0 Å². The highest BCUT2D eigenvalue weighted by Crippen LogP contribution is 2.53. The van der Waals surface area contributed by atoms with Gasteiger partial charge in [0.25, 0.3) is 0 Å². The molecule has 0 radical (unpaired) electrons. The Bertz CT molecular complexity index is 856. The van der Waals surface area contributed by atoms with Gasteiger partial charge in [-0.05, 0) is 17.7 Å². The summed E-state index contributed by atoms with van der Waals surface area (Å²) in [6.07, 6.45) is 0. The van der Waals surface area contributed by atoms with Crippen LogP contribution in [0.5, 0.6) is 17.2 Å². The Morgan fingerprint density at radius 1 is 1.05 bits per heavy atom. The number of nitrogens with zero attached hydrogens (tertiary/aromatic N) is 1. The van der Waals surface area contributed by atoms with Gasteiger partial charge in [0.15, 0.2) is 11.5 Å². The Kier molecular flexibility index (Phi) is 2.06. The van der Waals surface area contributed by atoms with E-state index in [1.54, 1.807) is 0 Å². The smallest absolute Gasteiger partial charge is 0.231 e. The van der Waals surface area contributed by atoms with Gasteiger partial charge in [-0.15, -0.1) is 0 Å². The molecule has 5 rings (SSSR count). The molecule has 2 aromatic rings. The zero-order valence-corrected chi connectivity index (χ0v) is 11.7. The summed E-state index contributed by atoms with van der Waals surface area (Å²) in [5.74, 6) is 2.32. The van der Waals surface area contributed by atoms with E-state index in [1.807, 2.05) is 24.3 Å². The monoisotopic (exact) mass is 292 g/mol. The average molecular weight is 292 g/mol. The molecule has 0 saturated carbocycles. The van der Waals surface area contributed by atoms with Crippen molar-refractivity contribution >= 4 is 5.69 Å². The molecular weight excluding hydrogens is 280 g/mol. The summed E-state index contributed by atoms with van der Waals surface area (Å²) in [5.41, 5.74) is 3.53. The number of anilines is 1. The van der Waals surface area contributed by atoms with E-state index in [0.29, 0.717) is 18.7 Å². The highest BCUT2D eigenvalue weighted by molar-refractivity contribution is 5.74. The number of benzene rings is 2. The zero-order chi connectivity index (χ0) is 14.7. The van der Waals surface area contributed by atoms with Gasteiger partial charge in [-0.1, -0.05) is 12.1 Å². The molecule has 0 amide bonds. The Morgan fingerprint density at radius 3 is 2.77 bits per heavy atom. The minimum Gasteiger partial charge on any atom is -0.492 e. The van der Waals surface area contributed by atoms with E-state index in [2.05, 4.69) is 17.5 Å². The molecule has 1 spiro atoms. The van der Waals surface area contributed by atoms with Crippen LogP contribution in [0.15, 0.2) is 30.3 Å². The van der Waals surface area contributed by atoms with Crippen molar-refractivity contribution in [3.8, 4) is 23.3 Å². The van der Waals surface area contributed by atoms with Crippen molar-refractivity contribution < 1.29 is 14.2 Å². The van der Waals surface area contributed by atoms with Crippen molar-refractivity contribution in [1.82, 2.24) is 0 Å². The quantitative estimate of drug-likeness (QED) is 0.807. The minimum atomic E-state index is -0.265. The van der Waals surface area contributed by atoms with Crippen LogP contribution >= 0.6 is 0 Å². The van der Waals surface area contributed by atoms with E-state index in [0.717, 1.165) is 34.1 Å². The lowest BCUT2D eigenvalue weighted by atomic mass is 9.77. The third-order valence-electron chi connectivity index (χ3n) is 4.73. The Morgan fingerprint density at radius 2 is 1.91 bits per heavy atom. The molecule has 108 valence electrons. The minimum absolute atomic E-state index is 0.249. The van der Waals surface area contributed by atoms with Gasteiger partial charge in [0.2, 0.25) is 6.79 Å². The van der Waals surface area contributed by atoms with Crippen LogP contribution in [-0.4, -0.2) is 19.9 Å². The summed E-state index contributed by atoms with van der Waals surface area (Å²) < 4.78 is 16.9. The lowest BCUT2D eigenvalue weighted by Crippen LogP contribution is -2.31. The number of para-hydroxylation sites is 1. The van der Waals surface area contributed by atoms with Crippen LogP contribution in [0.2, 0.25) is 0 Å². The summed E-state index contributed by atoms with van der Waals surface area (Å²) >= 11 is 0. The number of hydrogen-bond donors (Lipinski definition) is 1. The summed E-state index contributed by atoms with van der Waals surface area (Å²) in [6, 6.07) is 12.0. The van der Waals surface area contributed by atoms with Crippen LogP contribution < -0.4 is 19.5 Å². The van der Waals surface area contributed by atoms with E-state index in [1.165, 1.54) is 0 Å². The molecule has 0 saturated heterocycles. The van der Waals surface area contributed by atoms with Gasteiger partial charge < -0.3 is 19.5 Å². The second-order valence-electron chi connectivity index (χ2n) is 5.77. The van der Waals surface area contributed by atoms with Gasteiger partial charge in [0, 0.05) is 18.2 Å². The first-order valence-electron chi connectivity index (χ1n) is 7.16. The third-order valence-corrected chi connectivity index (χ3v) is 4.73. The lowest BCUT2D eigenvalue weighted by Gasteiger charge is -2.22. The second-order valence-corrected chi connectivity index (χ2v) is 5.77. The first-order valence-corrected chi connectivity index (χ1v) is 7.16. The van der Waals surface area contributed by atoms with Crippen molar-refractivity contribution in [3.63, 3.8) is 0 Å². The number of nitriles is 1. The molecule has 2 aromatic carbocycles. The van der Waals surface area contributed by atoms with Crippen LogP contribution in [0.4, 0.5) is 5.69 Å². The molecule has 0 aliphatic carbocycles. The van der Waals surface area contributed by atoms with Crippen molar-refractivity contribution in [2.75, 3.05) is 25.3 Å². The van der Waals surface area contributed by atoms with E-state index in [9.17, 15) is 5.26 Å². The number of hydrogen-bond acceptors (Lipinski definition) is 5. The normalized spacial score (nSPS) is 22.7. The standard InChI is InChI=1S/C17H12N2O3/c18-6-10-2-1-3-11-16(10)19-7-17(11)8-20-13-5-15-14(4-12(13)17)21-9-22-15/h1-5,19H,7-9H2. The second kappa shape index (κ2) is 3.86. The predicted molar refractivity (Wildman–Crippen MR) is 78.5 cm³/mol.